The van der Waals surface area contributed by atoms with Gasteiger partial charge in [0.15, 0.2) is 5.76 Å². The van der Waals surface area contributed by atoms with E-state index in [-0.39, 0.29) is 5.76 Å². The minimum Gasteiger partial charge on any atom is -0.395 e. The first kappa shape index (κ1) is 15.6. The molecule has 0 bridgehead atoms. The Morgan fingerprint density at radius 2 is 2.14 bits per heavy atom. The van der Waals surface area contributed by atoms with E-state index in [1.807, 2.05) is 12.1 Å². The van der Waals surface area contributed by atoms with Crippen LogP contribution in [0.4, 0.5) is 11.6 Å². The van der Waals surface area contributed by atoms with Crippen molar-refractivity contribution in [2.24, 2.45) is 0 Å². The highest BCUT2D eigenvalue weighted by molar-refractivity contribution is 7.99. The molecule has 0 aliphatic heterocycles. The van der Waals surface area contributed by atoms with Crippen LogP contribution < -0.4 is 5.32 Å². The summed E-state index contributed by atoms with van der Waals surface area (Å²) < 4.78 is 4.86. The SMILES string of the molecule is N#CCCSc1ccccc1NC(=O)c1ccc([N+](=O)[O-])o1. The Hall–Kier alpha value is -2.79. The number of anilines is 1. The van der Waals surface area contributed by atoms with Crippen LogP contribution in [-0.2, 0) is 0 Å². The van der Waals surface area contributed by atoms with Crippen LogP contribution in [0, 0.1) is 21.4 Å². The van der Waals surface area contributed by atoms with Gasteiger partial charge in [0.25, 0.3) is 5.91 Å². The van der Waals surface area contributed by atoms with Gasteiger partial charge in [-0.15, -0.1) is 11.8 Å². The molecule has 2 aromatic rings. The molecule has 0 spiro atoms. The molecule has 1 amide bonds. The highest BCUT2D eigenvalue weighted by Crippen LogP contribution is 2.28. The quantitative estimate of drug-likeness (QED) is 0.378. The Labute approximate surface area is 130 Å². The number of rotatable bonds is 6. The number of benzene rings is 1. The fraction of sp³-hybridized carbons (Fsp3) is 0.143. The van der Waals surface area contributed by atoms with E-state index in [1.165, 1.54) is 17.8 Å². The second kappa shape index (κ2) is 7.28. The average molecular weight is 317 g/mol. The summed E-state index contributed by atoms with van der Waals surface area (Å²) in [6.07, 6.45) is 0.400. The van der Waals surface area contributed by atoms with Gasteiger partial charge in [-0.1, -0.05) is 12.1 Å². The molecule has 0 saturated heterocycles. The highest BCUT2D eigenvalue weighted by atomic mass is 32.2. The largest absolute Gasteiger partial charge is 0.433 e. The molecule has 1 N–H and O–H groups in total. The molecule has 2 rings (SSSR count). The van der Waals surface area contributed by atoms with Crippen LogP contribution >= 0.6 is 11.8 Å². The van der Waals surface area contributed by atoms with E-state index >= 15 is 0 Å². The molecular weight excluding hydrogens is 306 g/mol. The minimum atomic E-state index is -0.706. The zero-order chi connectivity index (χ0) is 15.9. The summed E-state index contributed by atoms with van der Waals surface area (Å²) in [6, 6.07) is 11.5. The van der Waals surface area contributed by atoms with Crippen LogP contribution in [-0.4, -0.2) is 16.6 Å². The van der Waals surface area contributed by atoms with Gasteiger partial charge < -0.3 is 9.73 Å². The van der Waals surface area contributed by atoms with Crippen molar-refractivity contribution < 1.29 is 14.1 Å². The standard InChI is InChI=1S/C14H11N3O4S/c15-8-3-9-22-12-5-2-1-4-10(12)16-14(18)11-6-7-13(21-11)17(19)20/h1-2,4-7H,3,9H2,(H,16,18). The first-order valence-electron chi connectivity index (χ1n) is 6.26. The van der Waals surface area contributed by atoms with Gasteiger partial charge in [-0.25, -0.2) is 0 Å². The molecule has 0 fully saturated rings. The van der Waals surface area contributed by atoms with Crippen molar-refractivity contribution in [1.82, 2.24) is 0 Å². The van der Waals surface area contributed by atoms with E-state index in [1.54, 1.807) is 12.1 Å². The number of para-hydroxylation sites is 1. The average Bonchev–Trinajstić information content (AvgIpc) is 2.99. The molecule has 7 nitrogen and oxygen atoms in total. The maximum atomic E-state index is 12.0. The molecular formula is C14H11N3O4S. The van der Waals surface area contributed by atoms with Crippen LogP contribution in [0.15, 0.2) is 45.7 Å². The summed E-state index contributed by atoms with van der Waals surface area (Å²) in [7, 11) is 0. The van der Waals surface area contributed by atoms with Gasteiger partial charge in [0, 0.05) is 17.1 Å². The van der Waals surface area contributed by atoms with Crippen LogP contribution in [0.1, 0.15) is 17.0 Å². The van der Waals surface area contributed by atoms with Gasteiger partial charge in [-0.2, -0.15) is 5.26 Å². The maximum absolute atomic E-state index is 12.0. The monoisotopic (exact) mass is 317 g/mol. The molecule has 0 radical (unpaired) electrons. The van der Waals surface area contributed by atoms with E-state index in [2.05, 4.69) is 11.4 Å². The first-order chi connectivity index (χ1) is 10.6. The lowest BCUT2D eigenvalue weighted by atomic mass is 10.3. The third kappa shape index (κ3) is 3.86. The normalized spacial score (nSPS) is 9.95. The molecule has 1 aromatic heterocycles. The van der Waals surface area contributed by atoms with Crippen molar-refractivity contribution in [3.63, 3.8) is 0 Å². The summed E-state index contributed by atoms with van der Waals surface area (Å²) in [5.74, 6) is -0.581. The molecule has 0 aliphatic carbocycles. The van der Waals surface area contributed by atoms with E-state index in [9.17, 15) is 14.9 Å². The zero-order valence-electron chi connectivity index (χ0n) is 11.3. The van der Waals surface area contributed by atoms with E-state index < -0.39 is 16.7 Å². The number of hydrogen-bond acceptors (Lipinski definition) is 6. The molecule has 0 atom stereocenters. The summed E-state index contributed by atoms with van der Waals surface area (Å²) in [5.41, 5.74) is 0.564. The van der Waals surface area contributed by atoms with E-state index in [0.29, 0.717) is 17.9 Å². The summed E-state index contributed by atoms with van der Waals surface area (Å²) >= 11 is 1.44. The number of nitriles is 1. The van der Waals surface area contributed by atoms with E-state index in [0.717, 1.165) is 11.0 Å². The lowest BCUT2D eigenvalue weighted by molar-refractivity contribution is -0.402. The predicted molar refractivity (Wildman–Crippen MR) is 80.7 cm³/mol. The van der Waals surface area contributed by atoms with Gasteiger partial charge in [0.1, 0.15) is 4.92 Å². The van der Waals surface area contributed by atoms with Crippen molar-refractivity contribution >= 4 is 29.2 Å². The highest BCUT2D eigenvalue weighted by Gasteiger charge is 2.18. The molecule has 112 valence electrons. The van der Waals surface area contributed by atoms with Crippen molar-refractivity contribution in [1.29, 1.82) is 5.26 Å². The smallest absolute Gasteiger partial charge is 0.395 e. The topological polar surface area (TPSA) is 109 Å². The maximum Gasteiger partial charge on any atom is 0.433 e. The number of carbonyl (C=O) groups is 1. The molecule has 0 aliphatic rings. The third-order valence-corrected chi connectivity index (χ3v) is 3.68. The summed E-state index contributed by atoms with van der Waals surface area (Å²) in [5, 5.41) is 21.7. The molecule has 1 aromatic carbocycles. The Morgan fingerprint density at radius 3 is 2.82 bits per heavy atom. The van der Waals surface area contributed by atoms with Gasteiger partial charge in [-0.05, 0) is 18.2 Å². The van der Waals surface area contributed by atoms with Crippen molar-refractivity contribution in [2.45, 2.75) is 11.3 Å². The lowest BCUT2D eigenvalue weighted by Crippen LogP contribution is -2.11. The number of nitro groups is 1. The molecule has 0 saturated carbocycles. The number of furan rings is 1. The van der Waals surface area contributed by atoms with Crippen LogP contribution in [0.5, 0.6) is 0 Å². The number of nitrogens with one attached hydrogen (secondary N) is 1. The summed E-state index contributed by atoms with van der Waals surface area (Å²) in [6.45, 7) is 0. The third-order valence-electron chi connectivity index (χ3n) is 2.60. The van der Waals surface area contributed by atoms with Gasteiger partial charge in [0.05, 0.1) is 17.8 Å². The minimum absolute atomic E-state index is 0.136. The molecule has 1 heterocycles. The Morgan fingerprint density at radius 1 is 1.36 bits per heavy atom. The van der Waals surface area contributed by atoms with E-state index in [4.69, 9.17) is 9.68 Å². The fourth-order valence-corrected chi connectivity index (χ4v) is 2.50. The van der Waals surface area contributed by atoms with Gasteiger partial charge in [0.2, 0.25) is 0 Å². The second-order valence-corrected chi connectivity index (χ2v) is 5.24. The number of carbonyl (C=O) groups excluding carboxylic acids is 1. The molecule has 22 heavy (non-hydrogen) atoms. The Kier molecular flexibility index (Phi) is 5.16. The van der Waals surface area contributed by atoms with Crippen LogP contribution in [0.25, 0.3) is 0 Å². The number of thioether (sulfide) groups is 1. The summed E-state index contributed by atoms with van der Waals surface area (Å²) in [4.78, 5) is 22.7. The second-order valence-electron chi connectivity index (χ2n) is 4.10. The van der Waals surface area contributed by atoms with Crippen molar-refractivity contribution in [3.8, 4) is 6.07 Å². The predicted octanol–water partition coefficient (Wildman–Crippen LogP) is 3.45. The molecule has 8 heteroatoms. The number of nitrogens with zero attached hydrogens (tertiary/aromatic N) is 2. The van der Waals surface area contributed by atoms with Gasteiger partial charge in [-0.3, -0.25) is 14.9 Å². The first-order valence-corrected chi connectivity index (χ1v) is 7.24. The fourth-order valence-electron chi connectivity index (χ4n) is 1.63. The Bertz CT molecular complexity index is 736. The molecule has 0 unspecified atom stereocenters. The number of hydrogen-bond donors (Lipinski definition) is 1. The van der Waals surface area contributed by atoms with Crippen molar-refractivity contribution in [3.05, 3.63) is 52.3 Å². The lowest BCUT2D eigenvalue weighted by Gasteiger charge is -2.08. The van der Waals surface area contributed by atoms with Gasteiger partial charge >= 0.3 is 5.88 Å². The Balaban J connectivity index is 2.10. The zero-order valence-corrected chi connectivity index (χ0v) is 12.1. The van der Waals surface area contributed by atoms with Crippen LogP contribution in [0.3, 0.4) is 0 Å². The van der Waals surface area contributed by atoms with Crippen LogP contribution in [0.2, 0.25) is 0 Å². The number of amides is 1. The van der Waals surface area contributed by atoms with Crippen molar-refractivity contribution in [2.75, 3.05) is 11.1 Å².